The zero-order valence-corrected chi connectivity index (χ0v) is 12.4. The molecule has 0 spiro atoms. The molecule has 1 aromatic carbocycles. The molecular formula is C15H11ClN2O2S. The number of rotatable bonds is 4. The standard InChI is InChI=1S/C15H11ClN2O2S/c16-11-3-4-12(13-10(11)2-1-6-17-13)18-8-9-5-7-21-14(9)15(19)20/h1-7,18H,8H2,(H,19,20). The summed E-state index contributed by atoms with van der Waals surface area (Å²) in [7, 11) is 0. The number of pyridine rings is 1. The molecule has 2 N–H and O–H groups in total. The molecule has 0 amide bonds. The summed E-state index contributed by atoms with van der Waals surface area (Å²) in [5, 5.41) is 15.6. The number of fused-ring (bicyclic) bond motifs is 1. The van der Waals surface area contributed by atoms with Crippen molar-refractivity contribution < 1.29 is 9.90 Å². The molecule has 0 unspecified atom stereocenters. The maximum atomic E-state index is 11.1. The highest BCUT2D eigenvalue weighted by molar-refractivity contribution is 7.12. The molecule has 0 aliphatic carbocycles. The number of carbonyl (C=O) groups is 1. The first kappa shape index (κ1) is 13.9. The van der Waals surface area contributed by atoms with E-state index in [1.165, 1.54) is 11.3 Å². The van der Waals surface area contributed by atoms with E-state index in [2.05, 4.69) is 10.3 Å². The number of anilines is 1. The zero-order chi connectivity index (χ0) is 14.8. The first-order chi connectivity index (χ1) is 10.2. The van der Waals surface area contributed by atoms with Crippen LogP contribution in [0.1, 0.15) is 15.2 Å². The molecule has 0 saturated heterocycles. The monoisotopic (exact) mass is 318 g/mol. The number of carboxylic acids is 1. The average molecular weight is 319 g/mol. The van der Waals surface area contributed by atoms with Crippen LogP contribution in [0.15, 0.2) is 41.9 Å². The van der Waals surface area contributed by atoms with E-state index >= 15 is 0 Å². The molecule has 3 aromatic rings. The van der Waals surface area contributed by atoms with E-state index in [0.717, 1.165) is 22.2 Å². The second-order valence-electron chi connectivity index (χ2n) is 4.43. The predicted octanol–water partition coefficient (Wildman–Crippen LogP) is 4.26. The van der Waals surface area contributed by atoms with Gasteiger partial charge in [-0.3, -0.25) is 4.98 Å². The summed E-state index contributed by atoms with van der Waals surface area (Å²) in [5.41, 5.74) is 2.36. The average Bonchev–Trinajstić information content (AvgIpc) is 2.96. The second kappa shape index (κ2) is 5.71. The van der Waals surface area contributed by atoms with Crippen LogP contribution in [0.5, 0.6) is 0 Å². The van der Waals surface area contributed by atoms with Crippen LogP contribution in [-0.4, -0.2) is 16.1 Å². The number of thiophene rings is 1. The fourth-order valence-electron chi connectivity index (χ4n) is 2.13. The van der Waals surface area contributed by atoms with Crippen LogP contribution in [-0.2, 0) is 6.54 Å². The van der Waals surface area contributed by atoms with Crippen molar-refractivity contribution in [1.29, 1.82) is 0 Å². The Morgan fingerprint density at radius 2 is 2.19 bits per heavy atom. The van der Waals surface area contributed by atoms with Gasteiger partial charge in [0.15, 0.2) is 0 Å². The third kappa shape index (κ3) is 2.70. The van der Waals surface area contributed by atoms with E-state index < -0.39 is 5.97 Å². The molecular weight excluding hydrogens is 308 g/mol. The Labute approximate surface area is 130 Å². The van der Waals surface area contributed by atoms with Gasteiger partial charge >= 0.3 is 5.97 Å². The summed E-state index contributed by atoms with van der Waals surface area (Å²) >= 11 is 7.37. The number of aromatic nitrogens is 1. The van der Waals surface area contributed by atoms with Crippen molar-refractivity contribution in [2.24, 2.45) is 0 Å². The summed E-state index contributed by atoms with van der Waals surface area (Å²) in [5.74, 6) is -0.902. The molecule has 3 rings (SSSR count). The van der Waals surface area contributed by atoms with E-state index in [1.54, 1.807) is 17.6 Å². The van der Waals surface area contributed by atoms with Gasteiger partial charge in [0, 0.05) is 18.1 Å². The van der Waals surface area contributed by atoms with Crippen LogP contribution < -0.4 is 5.32 Å². The molecule has 0 bridgehead atoms. The Bertz CT molecular complexity index is 816. The molecule has 6 heteroatoms. The molecule has 0 aliphatic rings. The van der Waals surface area contributed by atoms with E-state index in [9.17, 15) is 4.79 Å². The number of hydrogen-bond donors (Lipinski definition) is 2. The number of nitrogens with one attached hydrogen (secondary N) is 1. The molecule has 2 heterocycles. The van der Waals surface area contributed by atoms with Gasteiger partial charge in [0.05, 0.1) is 16.2 Å². The van der Waals surface area contributed by atoms with Crippen LogP contribution in [0.25, 0.3) is 10.9 Å². The summed E-state index contributed by atoms with van der Waals surface area (Å²) in [6.45, 7) is 0.429. The molecule has 0 saturated carbocycles. The van der Waals surface area contributed by atoms with Gasteiger partial charge in [-0.05, 0) is 41.3 Å². The summed E-state index contributed by atoms with van der Waals surface area (Å²) in [6, 6.07) is 9.21. The third-order valence-electron chi connectivity index (χ3n) is 3.13. The Kier molecular flexibility index (Phi) is 3.77. The quantitative estimate of drug-likeness (QED) is 0.754. The number of hydrogen-bond acceptors (Lipinski definition) is 4. The van der Waals surface area contributed by atoms with Gasteiger partial charge in [-0.2, -0.15) is 0 Å². The van der Waals surface area contributed by atoms with Gasteiger partial charge in [-0.25, -0.2) is 4.79 Å². The van der Waals surface area contributed by atoms with Crippen LogP contribution >= 0.6 is 22.9 Å². The second-order valence-corrected chi connectivity index (χ2v) is 5.75. The number of carboxylic acid groups (broad SMARTS) is 1. The largest absolute Gasteiger partial charge is 0.477 e. The highest BCUT2D eigenvalue weighted by Gasteiger charge is 2.12. The number of nitrogens with zero attached hydrogens (tertiary/aromatic N) is 1. The highest BCUT2D eigenvalue weighted by atomic mass is 35.5. The SMILES string of the molecule is O=C(O)c1sccc1CNc1ccc(Cl)c2cccnc12. The van der Waals surface area contributed by atoms with Crippen molar-refractivity contribution in [2.45, 2.75) is 6.54 Å². The summed E-state index contributed by atoms with van der Waals surface area (Å²) < 4.78 is 0. The molecule has 106 valence electrons. The van der Waals surface area contributed by atoms with Gasteiger partial charge in [-0.15, -0.1) is 11.3 Å². The predicted molar refractivity (Wildman–Crippen MR) is 85.4 cm³/mol. The van der Waals surface area contributed by atoms with Gasteiger partial charge in [0.25, 0.3) is 0 Å². The van der Waals surface area contributed by atoms with E-state index in [4.69, 9.17) is 16.7 Å². The molecule has 0 radical (unpaired) electrons. The lowest BCUT2D eigenvalue weighted by atomic mass is 10.2. The lowest BCUT2D eigenvalue weighted by Gasteiger charge is -2.10. The van der Waals surface area contributed by atoms with E-state index in [1.807, 2.05) is 24.3 Å². The van der Waals surface area contributed by atoms with Crippen molar-refractivity contribution in [3.63, 3.8) is 0 Å². The molecule has 0 aliphatic heterocycles. The minimum Gasteiger partial charge on any atom is -0.477 e. The molecule has 0 atom stereocenters. The highest BCUT2D eigenvalue weighted by Crippen LogP contribution is 2.28. The maximum Gasteiger partial charge on any atom is 0.346 e. The zero-order valence-electron chi connectivity index (χ0n) is 10.8. The van der Waals surface area contributed by atoms with Gasteiger partial charge in [0.1, 0.15) is 4.88 Å². The lowest BCUT2D eigenvalue weighted by Crippen LogP contribution is -2.04. The van der Waals surface area contributed by atoms with E-state index in [-0.39, 0.29) is 0 Å². The van der Waals surface area contributed by atoms with Crippen LogP contribution in [0.3, 0.4) is 0 Å². The van der Waals surface area contributed by atoms with Crippen LogP contribution in [0, 0.1) is 0 Å². The van der Waals surface area contributed by atoms with Crippen molar-refractivity contribution in [3.05, 3.63) is 57.4 Å². The van der Waals surface area contributed by atoms with Crippen molar-refractivity contribution in [1.82, 2.24) is 4.98 Å². The fraction of sp³-hybridized carbons (Fsp3) is 0.0667. The Balaban J connectivity index is 1.91. The van der Waals surface area contributed by atoms with Crippen molar-refractivity contribution >= 4 is 45.5 Å². The van der Waals surface area contributed by atoms with Gasteiger partial charge < -0.3 is 10.4 Å². The minimum atomic E-state index is -0.902. The number of halogens is 1. The van der Waals surface area contributed by atoms with Crippen molar-refractivity contribution in [3.8, 4) is 0 Å². The first-order valence-electron chi connectivity index (χ1n) is 6.23. The number of benzene rings is 1. The minimum absolute atomic E-state index is 0.355. The molecule has 0 fully saturated rings. The summed E-state index contributed by atoms with van der Waals surface area (Å²) in [6.07, 6.45) is 1.71. The van der Waals surface area contributed by atoms with Gasteiger partial charge in [0.2, 0.25) is 0 Å². The normalized spacial score (nSPS) is 10.7. The Morgan fingerprint density at radius 1 is 1.33 bits per heavy atom. The molecule has 21 heavy (non-hydrogen) atoms. The Morgan fingerprint density at radius 3 is 3.00 bits per heavy atom. The summed E-state index contributed by atoms with van der Waals surface area (Å²) in [4.78, 5) is 15.8. The van der Waals surface area contributed by atoms with Crippen molar-refractivity contribution in [2.75, 3.05) is 5.32 Å². The fourth-order valence-corrected chi connectivity index (χ4v) is 3.11. The lowest BCUT2D eigenvalue weighted by molar-refractivity contribution is 0.0701. The van der Waals surface area contributed by atoms with Gasteiger partial charge in [-0.1, -0.05) is 11.6 Å². The number of aromatic carboxylic acids is 1. The smallest absolute Gasteiger partial charge is 0.346 e. The molecule has 2 aromatic heterocycles. The first-order valence-corrected chi connectivity index (χ1v) is 7.49. The maximum absolute atomic E-state index is 11.1. The van der Waals surface area contributed by atoms with Crippen LogP contribution in [0.2, 0.25) is 5.02 Å². The van der Waals surface area contributed by atoms with E-state index in [0.29, 0.717) is 16.4 Å². The topological polar surface area (TPSA) is 62.2 Å². The van der Waals surface area contributed by atoms with Crippen LogP contribution in [0.4, 0.5) is 5.69 Å². The Hall–Kier alpha value is -2.11. The molecule has 4 nitrogen and oxygen atoms in total. The third-order valence-corrected chi connectivity index (χ3v) is 4.40.